The number of halogens is 1. The number of anilines is 1. The van der Waals surface area contributed by atoms with Crippen LogP contribution in [0, 0.1) is 11.0 Å². The molecule has 2 atom stereocenters. The predicted octanol–water partition coefficient (Wildman–Crippen LogP) is 3.58. The molecule has 1 N–H and O–H groups in total. The van der Waals surface area contributed by atoms with Crippen LogP contribution in [0.25, 0.3) is 10.2 Å². The van der Waals surface area contributed by atoms with E-state index < -0.39 is 4.65 Å². The third-order valence-corrected chi connectivity index (χ3v) is 5.36. The molecule has 124 valence electrons. The molecule has 0 bridgehead atoms. The van der Waals surface area contributed by atoms with Crippen molar-refractivity contribution in [3.8, 4) is 0 Å². The quantitative estimate of drug-likeness (QED) is 0.583. The summed E-state index contributed by atoms with van der Waals surface area (Å²) in [6.07, 6.45) is -0.388. The zero-order chi connectivity index (χ0) is 16.7. The van der Waals surface area contributed by atoms with Gasteiger partial charge in [0.15, 0.2) is 12.0 Å². The fraction of sp³-hybridized carbons (Fsp3) is 0.235. The number of hydrogen-bond donors (Lipinski definition) is 1. The minimum absolute atomic E-state index is 0.277. The van der Waals surface area contributed by atoms with Gasteiger partial charge < -0.3 is 10.5 Å². The van der Waals surface area contributed by atoms with Gasteiger partial charge in [-0.15, -0.1) is 0 Å². The number of para-hydroxylation sites is 2. The second-order valence-corrected chi connectivity index (χ2v) is 7.09. The van der Waals surface area contributed by atoms with Crippen LogP contribution in [0.1, 0.15) is 0 Å². The summed E-state index contributed by atoms with van der Waals surface area (Å²) in [6, 6.07) is 14.5. The van der Waals surface area contributed by atoms with E-state index in [-0.39, 0.29) is 24.2 Å². The van der Waals surface area contributed by atoms with E-state index in [1.54, 1.807) is 12.1 Å². The number of aromatic nitrogens is 1. The minimum Gasteiger partial charge on any atom is -0.623 e. The Labute approximate surface area is 143 Å². The van der Waals surface area contributed by atoms with Gasteiger partial charge in [-0.05, 0) is 31.3 Å². The van der Waals surface area contributed by atoms with Gasteiger partial charge in [-0.1, -0.05) is 35.6 Å². The molecule has 0 spiro atoms. The molecule has 2 aromatic carbocycles. The maximum atomic E-state index is 13.9. The van der Waals surface area contributed by atoms with E-state index in [1.807, 2.05) is 42.3 Å². The Kier molecular flexibility index (Phi) is 3.73. The highest BCUT2D eigenvalue weighted by Crippen LogP contribution is 2.38. The summed E-state index contributed by atoms with van der Waals surface area (Å²) < 4.78 is 14.0. The fourth-order valence-electron chi connectivity index (χ4n) is 3.08. The number of benzene rings is 2. The highest BCUT2D eigenvalue weighted by atomic mass is 32.1. The summed E-state index contributed by atoms with van der Waals surface area (Å²) in [7, 11) is 1.91. The molecule has 2 unspecified atom stereocenters. The van der Waals surface area contributed by atoms with Crippen molar-refractivity contribution in [3.63, 3.8) is 0 Å². The van der Waals surface area contributed by atoms with Crippen molar-refractivity contribution in [1.29, 1.82) is 0 Å². The lowest BCUT2D eigenvalue weighted by molar-refractivity contribution is 0.323. The van der Waals surface area contributed by atoms with Crippen LogP contribution in [0.3, 0.4) is 0 Å². The monoisotopic (exact) mass is 344 g/mol. The largest absolute Gasteiger partial charge is 0.623 e. The lowest BCUT2D eigenvalue weighted by Gasteiger charge is -2.40. The van der Waals surface area contributed by atoms with Gasteiger partial charge in [-0.2, -0.15) is 4.98 Å². The first-order chi connectivity index (χ1) is 11.6. The lowest BCUT2D eigenvalue weighted by atomic mass is 10.3. The maximum Gasteiger partial charge on any atom is 0.290 e. The van der Waals surface area contributed by atoms with Crippen LogP contribution in [0.2, 0.25) is 0 Å². The molecule has 1 aliphatic heterocycles. The smallest absolute Gasteiger partial charge is 0.290 e. The standard InChI is InChI=1S/C17H17FN4OS/c1-21-10-15(19-12-6-3-2-4-7-12)22(23,11-21)17-20-16-13(18)8-5-9-14(16)24-17/h2-9,15,19H,10-11H2,1H3. The van der Waals surface area contributed by atoms with Gasteiger partial charge in [0, 0.05) is 5.69 Å². The Bertz CT molecular complexity index is 871. The second-order valence-electron chi connectivity index (χ2n) is 6.08. The average molecular weight is 344 g/mol. The second kappa shape index (κ2) is 5.78. The van der Waals surface area contributed by atoms with E-state index in [2.05, 4.69) is 10.3 Å². The molecule has 0 aliphatic carbocycles. The van der Waals surface area contributed by atoms with Crippen LogP contribution in [-0.4, -0.2) is 36.3 Å². The number of fused-ring (bicyclic) bond motifs is 1. The summed E-state index contributed by atoms with van der Waals surface area (Å²) >= 11 is 1.27. The van der Waals surface area contributed by atoms with Crippen molar-refractivity contribution in [3.05, 3.63) is 59.6 Å². The van der Waals surface area contributed by atoms with Gasteiger partial charge in [0.2, 0.25) is 0 Å². The number of quaternary nitrogens is 1. The van der Waals surface area contributed by atoms with E-state index in [4.69, 9.17) is 0 Å². The van der Waals surface area contributed by atoms with Gasteiger partial charge in [0.25, 0.3) is 5.13 Å². The molecule has 0 saturated carbocycles. The number of likely N-dealkylation sites (N-methyl/N-ethyl adjacent to an activating group) is 1. The van der Waals surface area contributed by atoms with Gasteiger partial charge in [-0.3, -0.25) is 9.55 Å². The third kappa shape index (κ3) is 2.55. The number of thiazole rings is 1. The molecule has 5 nitrogen and oxygen atoms in total. The Morgan fingerprint density at radius 3 is 2.79 bits per heavy atom. The van der Waals surface area contributed by atoms with Crippen molar-refractivity contribution in [2.75, 3.05) is 25.6 Å². The zero-order valence-corrected chi connectivity index (χ0v) is 14.0. The van der Waals surface area contributed by atoms with Crippen molar-refractivity contribution in [1.82, 2.24) is 14.5 Å². The first kappa shape index (κ1) is 15.5. The molecule has 1 aliphatic rings. The average Bonchev–Trinajstić information content (AvgIpc) is 3.12. The molecule has 3 aromatic rings. The summed E-state index contributed by atoms with van der Waals surface area (Å²) in [5.41, 5.74) is 1.17. The molecule has 1 aromatic heterocycles. The van der Waals surface area contributed by atoms with Crippen LogP contribution >= 0.6 is 11.3 Å². The summed E-state index contributed by atoms with van der Waals surface area (Å²) in [4.78, 5) is 6.30. The van der Waals surface area contributed by atoms with Crippen LogP contribution in [0.15, 0.2) is 48.5 Å². The zero-order valence-electron chi connectivity index (χ0n) is 13.1. The Morgan fingerprint density at radius 2 is 2.04 bits per heavy atom. The van der Waals surface area contributed by atoms with E-state index in [9.17, 15) is 9.60 Å². The molecule has 24 heavy (non-hydrogen) atoms. The molecule has 1 fully saturated rings. The summed E-state index contributed by atoms with van der Waals surface area (Å²) in [5.74, 6) is -0.387. The van der Waals surface area contributed by atoms with E-state index >= 15 is 0 Å². The highest BCUT2D eigenvalue weighted by Gasteiger charge is 2.42. The minimum atomic E-state index is -0.621. The van der Waals surface area contributed by atoms with E-state index in [0.29, 0.717) is 16.4 Å². The van der Waals surface area contributed by atoms with Crippen molar-refractivity contribution < 1.29 is 4.39 Å². The van der Waals surface area contributed by atoms with Crippen molar-refractivity contribution in [2.24, 2.45) is 0 Å². The normalized spacial score (nSPS) is 24.5. The highest BCUT2D eigenvalue weighted by molar-refractivity contribution is 7.22. The number of rotatable bonds is 3. The molecule has 4 rings (SSSR count). The molecular weight excluding hydrogens is 327 g/mol. The predicted molar refractivity (Wildman–Crippen MR) is 96.1 cm³/mol. The number of nitrogens with zero attached hydrogens (tertiary/aromatic N) is 3. The van der Waals surface area contributed by atoms with Crippen molar-refractivity contribution >= 4 is 32.4 Å². The van der Waals surface area contributed by atoms with Gasteiger partial charge >= 0.3 is 0 Å². The van der Waals surface area contributed by atoms with Gasteiger partial charge in [0.1, 0.15) is 12.2 Å². The maximum absolute atomic E-state index is 13.9. The SMILES string of the molecule is CN1CC(Nc2ccccc2)[N+]([O-])(c2nc3c(F)cccc3s2)C1. The topological polar surface area (TPSA) is 51.2 Å². The number of nitrogens with one attached hydrogen (secondary N) is 1. The van der Waals surface area contributed by atoms with Gasteiger partial charge in [-0.25, -0.2) is 4.39 Å². The third-order valence-electron chi connectivity index (χ3n) is 4.23. The lowest BCUT2D eigenvalue weighted by Crippen LogP contribution is -2.52. The molecule has 2 heterocycles. The molecule has 7 heteroatoms. The number of hydroxylamine groups is 2. The van der Waals surface area contributed by atoms with Gasteiger partial charge in [0.05, 0.1) is 11.2 Å². The Morgan fingerprint density at radius 1 is 1.25 bits per heavy atom. The van der Waals surface area contributed by atoms with Crippen molar-refractivity contribution in [2.45, 2.75) is 6.17 Å². The summed E-state index contributed by atoms with van der Waals surface area (Å²) in [6.45, 7) is 0.878. The first-order valence-corrected chi connectivity index (χ1v) is 8.52. The van der Waals surface area contributed by atoms with E-state index in [1.165, 1.54) is 17.4 Å². The molecular formula is C17H17FN4OS. The first-order valence-electron chi connectivity index (χ1n) is 7.71. The summed E-state index contributed by atoms with van der Waals surface area (Å²) in [5, 5.41) is 17.3. The van der Waals surface area contributed by atoms with E-state index in [0.717, 1.165) is 5.69 Å². The van der Waals surface area contributed by atoms with Crippen LogP contribution in [0.5, 0.6) is 0 Å². The molecule has 1 saturated heterocycles. The van der Waals surface area contributed by atoms with Crippen LogP contribution in [0.4, 0.5) is 15.2 Å². The Hall–Kier alpha value is -2.06. The fourth-order valence-corrected chi connectivity index (χ4v) is 4.14. The molecule has 0 radical (unpaired) electrons. The van der Waals surface area contributed by atoms with Crippen LogP contribution < -0.4 is 9.96 Å². The molecule has 0 amide bonds. The number of hydrogen-bond acceptors (Lipinski definition) is 5. The van der Waals surface area contributed by atoms with Crippen LogP contribution in [-0.2, 0) is 0 Å². The Balaban J connectivity index is 1.73.